The molecule has 6 heteroatoms. The fourth-order valence-electron chi connectivity index (χ4n) is 2.40. The number of carboxylic acids is 1. The third-order valence-electron chi connectivity index (χ3n) is 3.64. The van der Waals surface area contributed by atoms with Crippen LogP contribution in [0.15, 0.2) is 30.3 Å². The highest BCUT2D eigenvalue weighted by atomic mass is 16.4. The van der Waals surface area contributed by atoms with Crippen molar-refractivity contribution in [2.45, 2.75) is 18.9 Å². The Morgan fingerprint density at radius 2 is 2.10 bits per heavy atom. The zero-order chi connectivity index (χ0) is 15.2. The molecule has 1 fully saturated rings. The van der Waals surface area contributed by atoms with Gasteiger partial charge in [-0.2, -0.15) is 0 Å². The van der Waals surface area contributed by atoms with Crippen molar-refractivity contribution < 1.29 is 14.7 Å². The average molecular weight is 291 g/mol. The molecule has 0 spiro atoms. The smallest absolute Gasteiger partial charge is 0.317 e. The summed E-state index contributed by atoms with van der Waals surface area (Å²) in [5.74, 6) is -0.897. The van der Waals surface area contributed by atoms with Crippen molar-refractivity contribution in [1.29, 1.82) is 0 Å². The summed E-state index contributed by atoms with van der Waals surface area (Å²) >= 11 is 0. The van der Waals surface area contributed by atoms with E-state index >= 15 is 0 Å². The van der Waals surface area contributed by atoms with Crippen LogP contribution in [0.3, 0.4) is 0 Å². The van der Waals surface area contributed by atoms with E-state index in [4.69, 9.17) is 5.11 Å². The molecule has 0 saturated carbocycles. The minimum Gasteiger partial charge on any atom is -0.481 e. The summed E-state index contributed by atoms with van der Waals surface area (Å²) in [6, 6.07) is 9.99. The Morgan fingerprint density at radius 1 is 1.38 bits per heavy atom. The Morgan fingerprint density at radius 3 is 2.76 bits per heavy atom. The molecule has 0 bridgehead atoms. The molecule has 2 amide bonds. The number of aliphatic carboxylic acids is 1. The number of rotatable bonds is 5. The molecule has 2 N–H and O–H groups in total. The van der Waals surface area contributed by atoms with Gasteiger partial charge in [-0.1, -0.05) is 18.2 Å². The molecule has 21 heavy (non-hydrogen) atoms. The van der Waals surface area contributed by atoms with E-state index in [0.717, 1.165) is 25.2 Å². The molecule has 1 aromatic rings. The Labute approximate surface area is 124 Å². The van der Waals surface area contributed by atoms with E-state index in [9.17, 15) is 9.59 Å². The van der Waals surface area contributed by atoms with Gasteiger partial charge in [0.1, 0.15) is 0 Å². The van der Waals surface area contributed by atoms with Gasteiger partial charge in [0.25, 0.3) is 0 Å². The number of anilines is 1. The first kappa shape index (κ1) is 15.2. The molecule has 1 saturated heterocycles. The zero-order valence-electron chi connectivity index (χ0n) is 12.2. The Hall–Kier alpha value is -2.24. The molecule has 114 valence electrons. The Kier molecular flexibility index (Phi) is 5.03. The van der Waals surface area contributed by atoms with E-state index < -0.39 is 5.97 Å². The van der Waals surface area contributed by atoms with Gasteiger partial charge in [0.05, 0.1) is 6.42 Å². The van der Waals surface area contributed by atoms with Gasteiger partial charge in [-0.25, -0.2) is 4.79 Å². The van der Waals surface area contributed by atoms with Crippen LogP contribution in [-0.2, 0) is 4.79 Å². The number of carbonyl (C=O) groups excluding carboxylic acids is 1. The fourth-order valence-corrected chi connectivity index (χ4v) is 2.40. The second-order valence-electron chi connectivity index (χ2n) is 5.28. The monoisotopic (exact) mass is 291 g/mol. The van der Waals surface area contributed by atoms with Crippen molar-refractivity contribution in [3.8, 4) is 0 Å². The zero-order valence-corrected chi connectivity index (χ0v) is 12.2. The second-order valence-corrected chi connectivity index (χ2v) is 5.28. The van der Waals surface area contributed by atoms with Crippen LogP contribution in [-0.4, -0.2) is 54.7 Å². The van der Waals surface area contributed by atoms with E-state index in [1.807, 2.05) is 18.2 Å². The summed E-state index contributed by atoms with van der Waals surface area (Å²) in [6.07, 6.45) is 0.859. The number of para-hydroxylation sites is 1. The number of hydrogen-bond donors (Lipinski definition) is 2. The van der Waals surface area contributed by atoms with Crippen LogP contribution < -0.4 is 10.2 Å². The number of carbonyl (C=O) groups is 2. The average Bonchev–Trinajstić information content (AvgIpc) is 2.94. The van der Waals surface area contributed by atoms with Crippen molar-refractivity contribution in [3.05, 3.63) is 30.3 Å². The van der Waals surface area contributed by atoms with Crippen LogP contribution in [0.1, 0.15) is 12.8 Å². The molecule has 0 aromatic heterocycles. The van der Waals surface area contributed by atoms with Gasteiger partial charge in [0.15, 0.2) is 0 Å². The summed E-state index contributed by atoms with van der Waals surface area (Å²) < 4.78 is 0. The van der Waals surface area contributed by atoms with Crippen LogP contribution in [0.2, 0.25) is 0 Å². The van der Waals surface area contributed by atoms with Crippen LogP contribution in [0, 0.1) is 0 Å². The minimum atomic E-state index is -0.897. The number of urea groups is 1. The summed E-state index contributed by atoms with van der Waals surface area (Å²) in [5.41, 5.74) is 1.16. The maximum Gasteiger partial charge on any atom is 0.317 e. The summed E-state index contributed by atoms with van der Waals surface area (Å²) in [4.78, 5) is 26.1. The fraction of sp³-hybridized carbons (Fsp3) is 0.467. The molecule has 1 atom stereocenters. The standard InChI is InChI=1S/C15H21N3O3/c1-17(9-8-14(19)20)15(21)16-12-7-10-18(11-12)13-5-3-2-4-6-13/h2-6,12H,7-11H2,1H3,(H,16,21)(H,19,20). The lowest BCUT2D eigenvalue weighted by Crippen LogP contribution is -2.44. The van der Waals surface area contributed by atoms with Crippen molar-refractivity contribution >= 4 is 17.7 Å². The molecule has 6 nitrogen and oxygen atoms in total. The number of carboxylic acid groups (broad SMARTS) is 1. The predicted octanol–water partition coefficient (Wildman–Crippen LogP) is 1.38. The molecule has 0 radical (unpaired) electrons. The summed E-state index contributed by atoms with van der Waals surface area (Å²) in [7, 11) is 1.61. The first-order chi connectivity index (χ1) is 10.1. The highest BCUT2D eigenvalue weighted by molar-refractivity contribution is 5.75. The third kappa shape index (κ3) is 4.37. The van der Waals surface area contributed by atoms with E-state index in [0.29, 0.717) is 0 Å². The lowest BCUT2D eigenvalue weighted by atomic mass is 10.2. The van der Waals surface area contributed by atoms with Crippen LogP contribution in [0.25, 0.3) is 0 Å². The first-order valence-electron chi connectivity index (χ1n) is 7.09. The Balaban J connectivity index is 1.79. The molecule has 1 heterocycles. The van der Waals surface area contributed by atoms with Gasteiger partial charge < -0.3 is 20.2 Å². The van der Waals surface area contributed by atoms with E-state index in [-0.39, 0.29) is 25.0 Å². The van der Waals surface area contributed by atoms with Crippen molar-refractivity contribution in [2.24, 2.45) is 0 Å². The molecule has 0 aliphatic carbocycles. The molecule has 1 aliphatic heterocycles. The van der Waals surface area contributed by atoms with Crippen LogP contribution >= 0.6 is 0 Å². The molecular formula is C15H21N3O3. The molecule has 1 aliphatic rings. The lowest BCUT2D eigenvalue weighted by molar-refractivity contribution is -0.137. The number of hydrogen-bond acceptors (Lipinski definition) is 3. The Bertz CT molecular complexity index is 492. The summed E-state index contributed by atoms with van der Waals surface area (Å²) in [5, 5.41) is 11.6. The molecule has 1 aromatic carbocycles. The molecule has 2 rings (SSSR count). The quantitative estimate of drug-likeness (QED) is 0.859. The van der Waals surface area contributed by atoms with Gasteiger partial charge in [-0.05, 0) is 18.6 Å². The van der Waals surface area contributed by atoms with Crippen molar-refractivity contribution in [2.75, 3.05) is 31.6 Å². The number of amides is 2. The van der Waals surface area contributed by atoms with Crippen LogP contribution in [0.4, 0.5) is 10.5 Å². The van der Waals surface area contributed by atoms with Crippen molar-refractivity contribution in [3.63, 3.8) is 0 Å². The highest BCUT2D eigenvalue weighted by Gasteiger charge is 2.25. The number of nitrogens with one attached hydrogen (secondary N) is 1. The second kappa shape index (κ2) is 6.97. The van der Waals surface area contributed by atoms with Crippen molar-refractivity contribution in [1.82, 2.24) is 10.2 Å². The normalized spacial score (nSPS) is 17.6. The molecular weight excluding hydrogens is 270 g/mol. The summed E-state index contributed by atoms with van der Waals surface area (Å²) in [6.45, 7) is 1.91. The molecule has 1 unspecified atom stereocenters. The predicted molar refractivity (Wildman–Crippen MR) is 80.5 cm³/mol. The number of nitrogens with zero attached hydrogens (tertiary/aromatic N) is 2. The maximum atomic E-state index is 12.0. The third-order valence-corrected chi connectivity index (χ3v) is 3.64. The van der Waals surface area contributed by atoms with E-state index in [1.54, 1.807) is 7.05 Å². The first-order valence-corrected chi connectivity index (χ1v) is 7.09. The highest BCUT2D eigenvalue weighted by Crippen LogP contribution is 2.19. The lowest BCUT2D eigenvalue weighted by Gasteiger charge is -2.21. The van der Waals surface area contributed by atoms with Gasteiger partial charge >= 0.3 is 12.0 Å². The van der Waals surface area contributed by atoms with Gasteiger partial charge in [-0.3, -0.25) is 4.79 Å². The minimum absolute atomic E-state index is 0.0370. The largest absolute Gasteiger partial charge is 0.481 e. The van der Waals surface area contributed by atoms with E-state index in [2.05, 4.69) is 22.3 Å². The van der Waals surface area contributed by atoms with Gasteiger partial charge in [0, 0.05) is 38.4 Å². The van der Waals surface area contributed by atoms with Gasteiger partial charge in [-0.15, -0.1) is 0 Å². The maximum absolute atomic E-state index is 12.0. The van der Waals surface area contributed by atoms with E-state index in [1.165, 1.54) is 4.90 Å². The number of benzene rings is 1. The van der Waals surface area contributed by atoms with Gasteiger partial charge in [0.2, 0.25) is 0 Å². The van der Waals surface area contributed by atoms with Crippen LogP contribution in [0.5, 0.6) is 0 Å². The topological polar surface area (TPSA) is 72.9 Å². The SMILES string of the molecule is CN(CCC(=O)O)C(=O)NC1CCN(c2ccccc2)C1.